The van der Waals surface area contributed by atoms with Crippen molar-refractivity contribution in [2.75, 3.05) is 28.6 Å². The Labute approximate surface area is 155 Å². The first-order valence-electron chi connectivity index (χ1n) is 9.54. The molecule has 1 aliphatic heterocycles. The minimum atomic E-state index is -0.237. The van der Waals surface area contributed by atoms with Gasteiger partial charge in [0.05, 0.1) is 17.6 Å². The molecule has 2 amide bonds. The van der Waals surface area contributed by atoms with Crippen LogP contribution >= 0.6 is 0 Å². The molecule has 0 radical (unpaired) electrons. The van der Waals surface area contributed by atoms with E-state index in [2.05, 4.69) is 46.5 Å². The van der Waals surface area contributed by atoms with Crippen LogP contribution in [0, 0.1) is 0 Å². The molecule has 2 N–H and O–H groups in total. The van der Waals surface area contributed by atoms with E-state index in [0.29, 0.717) is 5.92 Å². The molecule has 1 aliphatic rings. The lowest BCUT2D eigenvalue weighted by molar-refractivity contribution is 0.262. The summed E-state index contributed by atoms with van der Waals surface area (Å²) in [5.41, 5.74) is 3.86. The SMILES string of the molecule is CCCC(C)c1cccc(NC(=O)Nc2cnccc2N2CCCC2)c1. The average molecular weight is 352 g/mol. The van der Waals surface area contributed by atoms with Gasteiger partial charge in [0.1, 0.15) is 0 Å². The summed E-state index contributed by atoms with van der Waals surface area (Å²) in [5, 5.41) is 5.90. The zero-order valence-electron chi connectivity index (χ0n) is 15.7. The number of urea groups is 1. The Kier molecular flexibility index (Phi) is 6.10. The summed E-state index contributed by atoms with van der Waals surface area (Å²) in [6, 6.07) is 9.83. The minimum absolute atomic E-state index is 0.237. The summed E-state index contributed by atoms with van der Waals surface area (Å²) >= 11 is 0. The fourth-order valence-electron chi connectivity index (χ4n) is 3.52. The van der Waals surface area contributed by atoms with E-state index in [9.17, 15) is 4.79 Å². The Balaban J connectivity index is 1.67. The van der Waals surface area contributed by atoms with Crippen LogP contribution in [-0.2, 0) is 0 Å². The van der Waals surface area contributed by atoms with Gasteiger partial charge in [-0.15, -0.1) is 0 Å². The molecule has 1 fully saturated rings. The van der Waals surface area contributed by atoms with Gasteiger partial charge in [0, 0.05) is 25.0 Å². The Morgan fingerprint density at radius 1 is 1.23 bits per heavy atom. The molecule has 5 nitrogen and oxygen atoms in total. The van der Waals surface area contributed by atoms with Crippen molar-refractivity contribution in [2.45, 2.75) is 45.4 Å². The number of pyridine rings is 1. The summed E-state index contributed by atoms with van der Waals surface area (Å²) < 4.78 is 0. The molecule has 1 saturated heterocycles. The number of nitrogens with zero attached hydrogens (tertiary/aromatic N) is 2. The number of anilines is 3. The maximum absolute atomic E-state index is 12.5. The van der Waals surface area contributed by atoms with Crippen molar-refractivity contribution in [3.05, 3.63) is 48.3 Å². The number of aromatic nitrogens is 1. The van der Waals surface area contributed by atoms with E-state index in [0.717, 1.165) is 43.0 Å². The van der Waals surface area contributed by atoms with E-state index >= 15 is 0 Å². The molecular weight excluding hydrogens is 324 g/mol. The zero-order chi connectivity index (χ0) is 18.4. The Morgan fingerprint density at radius 2 is 2.04 bits per heavy atom. The molecule has 1 unspecified atom stereocenters. The summed E-state index contributed by atoms with van der Waals surface area (Å²) in [6.07, 6.45) is 8.17. The highest BCUT2D eigenvalue weighted by Gasteiger charge is 2.17. The minimum Gasteiger partial charge on any atom is -0.370 e. The fraction of sp³-hybridized carbons (Fsp3) is 0.429. The third kappa shape index (κ3) is 4.54. The normalized spacial score (nSPS) is 14.9. The summed E-state index contributed by atoms with van der Waals surface area (Å²) in [5.74, 6) is 0.491. The van der Waals surface area contributed by atoms with Gasteiger partial charge in [0.2, 0.25) is 0 Å². The second-order valence-corrected chi connectivity index (χ2v) is 6.98. The number of benzene rings is 1. The van der Waals surface area contributed by atoms with E-state index in [1.165, 1.54) is 18.4 Å². The first kappa shape index (κ1) is 18.2. The smallest absolute Gasteiger partial charge is 0.323 e. The maximum atomic E-state index is 12.5. The van der Waals surface area contributed by atoms with Gasteiger partial charge < -0.3 is 15.5 Å². The van der Waals surface area contributed by atoms with Gasteiger partial charge in [-0.05, 0) is 48.9 Å². The van der Waals surface area contributed by atoms with Gasteiger partial charge in [-0.3, -0.25) is 4.98 Å². The number of hydrogen-bond acceptors (Lipinski definition) is 3. The Bertz CT molecular complexity index is 740. The van der Waals surface area contributed by atoms with Gasteiger partial charge in [-0.25, -0.2) is 4.79 Å². The van der Waals surface area contributed by atoms with Crippen molar-refractivity contribution < 1.29 is 4.79 Å². The molecule has 1 atom stereocenters. The van der Waals surface area contributed by atoms with E-state index in [4.69, 9.17) is 0 Å². The van der Waals surface area contributed by atoms with Crippen LogP contribution in [-0.4, -0.2) is 24.1 Å². The Morgan fingerprint density at radius 3 is 2.81 bits per heavy atom. The summed E-state index contributed by atoms with van der Waals surface area (Å²) in [6.45, 7) is 6.47. The van der Waals surface area contributed by atoms with Gasteiger partial charge in [-0.1, -0.05) is 32.4 Å². The standard InChI is InChI=1S/C21H28N4O/c1-3-7-16(2)17-8-6-9-18(14-17)23-21(26)24-19-15-22-11-10-20(19)25-12-4-5-13-25/h6,8-11,14-16H,3-5,7,12-13H2,1-2H3,(H2,23,24,26). The molecule has 3 rings (SSSR count). The molecule has 0 bridgehead atoms. The molecule has 26 heavy (non-hydrogen) atoms. The van der Waals surface area contributed by atoms with Crippen molar-refractivity contribution >= 4 is 23.1 Å². The number of nitrogens with one attached hydrogen (secondary N) is 2. The highest BCUT2D eigenvalue weighted by Crippen LogP contribution is 2.28. The number of rotatable bonds is 6. The molecule has 1 aromatic heterocycles. The van der Waals surface area contributed by atoms with E-state index in [1.807, 2.05) is 18.2 Å². The lowest BCUT2D eigenvalue weighted by Crippen LogP contribution is -2.24. The third-order valence-electron chi connectivity index (χ3n) is 4.93. The van der Waals surface area contributed by atoms with Crippen molar-refractivity contribution in [1.82, 2.24) is 4.98 Å². The van der Waals surface area contributed by atoms with Crippen LogP contribution < -0.4 is 15.5 Å². The molecule has 2 heterocycles. The molecule has 2 aromatic rings. The van der Waals surface area contributed by atoms with Gasteiger partial charge >= 0.3 is 6.03 Å². The van der Waals surface area contributed by atoms with Crippen molar-refractivity contribution in [3.8, 4) is 0 Å². The molecule has 1 aromatic carbocycles. The largest absolute Gasteiger partial charge is 0.370 e. The van der Waals surface area contributed by atoms with Crippen LogP contribution in [0.3, 0.4) is 0 Å². The van der Waals surface area contributed by atoms with Crippen molar-refractivity contribution in [2.24, 2.45) is 0 Å². The van der Waals surface area contributed by atoms with Crippen LogP contribution in [0.4, 0.5) is 21.9 Å². The predicted octanol–water partition coefficient (Wildman–Crippen LogP) is 5.23. The monoisotopic (exact) mass is 352 g/mol. The molecule has 0 spiro atoms. The molecule has 5 heteroatoms. The van der Waals surface area contributed by atoms with Crippen LogP contribution in [0.2, 0.25) is 0 Å². The third-order valence-corrected chi connectivity index (χ3v) is 4.93. The zero-order valence-corrected chi connectivity index (χ0v) is 15.7. The second-order valence-electron chi connectivity index (χ2n) is 6.98. The lowest BCUT2D eigenvalue weighted by Gasteiger charge is -2.21. The molecule has 0 aliphatic carbocycles. The number of carbonyl (C=O) groups is 1. The molecular formula is C21H28N4O. The number of amides is 2. The van der Waals surface area contributed by atoms with Crippen LogP contribution in [0.25, 0.3) is 0 Å². The summed E-state index contributed by atoms with van der Waals surface area (Å²) in [4.78, 5) is 18.9. The first-order valence-corrected chi connectivity index (χ1v) is 9.54. The summed E-state index contributed by atoms with van der Waals surface area (Å²) in [7, 11) is 0. The number of carbonyl (C=O) groups excluding carboxylic acids is 1. The van der Waals surface area contributed by atoms with E-state index < -0.39 is 0 Å². The van der Waals surface area contributed by atoms with Crippen LogP contribution in [0.1, 0.15) is 51.0 Å². The van der Waals surface area contributed by atoms with Crippen LogP contribution in [0.5, 0.6) is 0 Å². The van der Waals surface area contributed by atoms with Crippen LogP contribution in [0.15, 0.2) is 42.7 Å². The lowest BCUT2D eigenvalue weighted by atomic mass is 9.96. The van der Waals surface area contributed by atoms with E-state index in [1.54, 1.807) is 12.4 Å². The predicted molar refractivity (Wildman–Crippen MR) is 108 cm³/mol. The molecule has 138 valence electrons. The fourth-order valence-corrected chi connectivity index (χ4v) is 3.52. The van der Waals surface area contributed by atoms with Gasteiger partial charge in [0.15, 0.2) is 0 Å². The highest BCUT2D eigenvalue weighted by atomic mass is 16.2. The highest BCUT2D eigenvalue weighted by molar-refractivity contribution is 6.01. The first-order chi connectivity index (χ1) is 12.7. The van der Waals surface area contributed by atoms with Crippen molar-refractivity contribution in [3.63, 3.8) is 0 Å². The topological polar surface area (TPSA) is 57.3 Å². The van der Waals surface area contributed by atoms with E-state index in [-0.39, 0.29) is 6.03 Å². The number of hydrogen-bond donors (Lipinski definition) is 2. The average Bonchev–Trinajstić information content (AvgIpc) is 3.17. The van der Waals surface area contributed by atoms with Gasteiger partial charge in [0.25, 0.3) is 0 Å². The quantitative estimate of drug-likeness (QED) is 0.748. The van der Waals surface area contributed by atoms with Crippen molar-refractivity contribution in [1.29, 1.82) is 0 Å². The maximum Gasteiger partial charge on any atom is 0.323 e. The second kappa shape index (κ2) is 8.70. The van der Waals surface area contributed by atoms with Gasteiger partial charge in [-0.2, -0.15) is 0 Å². The Hall–Kier alpha value is -2.56. The molecule has 0 saturated carbocycles.